The van der Waals surface area contributed by atoms with E-state index >= 15 is 0 Å². The molecular formula is C16H14Br2O2. The molecular weight excluding hydrogens is 384 g/mol. The average molecular weight is 398 g/mol. The van der Waals surface area contributed by atoms with Crippen molar-refractivity contribution < 1.29 is 9.84 Å². The minimum Gasteiger partial charge on any atom is -0.493 e. The fourth-order valence-electron chi connectivity index (χ4n) is 2.60. The number of aliphatic hydroxyl groups is 1. The van der Waals surface area contributed by atoms with Crippen LogP contribution in [-0.4, -0.2) is 11.7 Å². The first-order chi connectivity index (χ1) is 9.54. The maximum Gasteiger partial charge on any atom is 0.128 e. The smallest absolute Gasteiger partial charge is 0.128 e. The van der Waals surface area contributed by atoms with Crippen molar-refractivity contribution in [1.29, 1.82) is 0 Å². The van der Waals surface area contributed by atoms with Crippen LogP contribution in [0.15, 0.2) is 39.3 Å². The number of hydrogen-bond donors (Lipinski definition) is 1. The Morgan fingerprint density at radius 3 is 2.60 bits per heavy atom. The van der Waals surface area contributed by atoms with E-state index in [1.165, 1.54) is 0 Å². The molecule has 2 aromatic carbocycles. The highest BCUT2D eigenvalue weighted by Gasteiger charge is 2.23. The van der Waals surface area contributed by atoms with Gasteiger partial charge in [0.25, 0.3) is 0 Å². The zero-order chi connectivity index (χ0) is 14.3. The summed E-state index contributed by atoms with van der Waals surface area (Å²) in [6.45, 7) is 2.70. The number of aliphatic hydroxyl groups excluding tert-OH is 1. The van der Waals surface area contributed by atoms with E-state index in [0.29, 0.717) is 6.61 Å². The predicted molar refractivity (Wildman–Crippen MR) is 86.3 cm³/mol. The first kappa shape index (κ1) is 14.1. The third-order valence-corrected chi connectivity index (χ3v) is 4.37. The van der Waals surface area contributed by atoms with Crippen LogP contribution in [0.25, 0.3) is 0 Å². The molecule has 3 rings (SSSR count). The molecule has 104 valence electrons. The number of fused-ring (bicyclic) bond motifs is 1. The van der Waals surface area contributed by atoms with Crippen LogP contribution in [0.5, 0.6) is 5.75 Å². The molecule has 1 unspecified atom stereocenters. The first-order valence-electron chi connectivity index (χ1n) is 6.45. The van der Waals surface area contributed by atoms with Crippen molar-refractivity contribution in [3.8, 4) is 5.75 Å². The van der Waals surface area contributed by atoms with Crippen molar-refractivity contribution in [3.05, 3.63) is 61.5 Å². The van der Waals surface area contributed by atoms with Crippen LogP contribution in [0.1, 0.15) is 28.4 Å². The quantitative estimate of drug-likeness (QED) is 0.806. The molecule has 0 aromatic heterocycles. The Balaban J connectivity index is 2.08. The number of rotatable bonds is 2. The van der Waals surface area contributed by atoms with Crippen LogP contribution in [0.4, 0.5) is 0 Å². The Morgan fingerprint density at radius 1 is 1.10 bits per heavy atom. The molecule has 0 saturated carbocycles. The van der Waals surface area contributed by atoms with Gasteiger partial charge < -0.3 is 9.84 Å². The Hall–Kier alpha value is -0.840. The van der Waals surface area contributed by atoms with Gasteiger partial charge in [0, 0.05) is 20.9 Å². The van der Waals surface area contributed by atoms with Gasteiger partial charge in [0.05, 0.1) is 6.61 Å². The summed E-state index contributed by atoms with van der Waals surface area (Å²) in [7, 11) is 0. The number of hydrogen-bond acceptors (Lipinski definition) is 2. The molecule has 0 spiro atoms. The van der Waals surface area contributed by atoms with Crippen LogP contribution in [-0.2, 0) is 6.42 Å². The molecule has 1 aliphatic rings. The van der Waals surface area contributed by atoms with Crippen molar-refractivity contribution in [2.24, 2.45) is 0 Å². The zero-order valence-electron chi connectivity index (χ0n) is 11.0. The van der Waals surface area contributed by atoms with E-state index in [-0.39, 0.29) is 0 Å². The van der Waals surface area contributed by atoms with E-state index < -0.39 is 6.10 Å². The summed E-state index contributed by atoms with van der Waals surface area (Å²) in [5.74, 6) is 0.832. The third kappa shape index (κ3) is 2.65. The summed E-state index contributed by atoms with van der Waals surface area (Å²) in [6.07, 6.45) is 0.210. The zero-order valence-corrected chi connectivity index (χ0v) is 14.2. The van der Waals surface area contributed by atoms with Gasteiger partial charge in [-0.15, -0.1) is 0 Å². The fourth-order valence-corrected chi connectivity index (χ4v) is 3.75. The Bertz CT molecular complexity index is 648. The van der Waals surface area contributed by atoms with Crippen LogP contribution in [0.3, 0.4) is 0 Å². The standard InChI is InChI=1S/C16H14Br2O2/c1-9-4-11(7-12(17)5-9)15(19)14-8-13(18)6-10-2-3-20-16(10)14/h4-8,15,19H,2-3H2,1H3. The van der Waals surface area contributed by atoms with E-state index in [2.05, 4.69) is 37.9 Å². The monoisotopic (exact) mass is 396 g/mol. The van der Waals surface area contributed by atoms with Crippen LogP contribution >= 0.6 is 31.9 Å². The molecule has 1 N–H and O–H groups in total. The minimum absolute atomic E-state index is 0.684. The van der Waals surface area contributed by atoms with Gasteiger partial charge in [0.1, 0.15) is 11.9 Å². The van der Waals surface area contributed by atoms with Gasteiger partial charge >= 0.3 is 0 Å². The van der Waals surface area contributed by atoms with Crippen molar-refractivity contribution in [2.45, 2.75) is 19.4 Å². The molecule has 4 heteroatoms. The number of benzene rings is 2. The van der Waals surface area contributed by atoms with Crippen molar-refractivity contribution >= 4 is 31.9 Å². The molecule has 0 fully saturated rings. The van der Waals surface area contributed by atoms with Gasteiger partial charge in [-0.05, 0) is 47.9 Å². The number of ether oxygens (including phenoxy) is 1. The molecule has 1 heterocycles. The maximum absolute atomic E-state index is 10.7. The second kappa shape index (κ2) is 5.51. The SMILES string of the molecule is Cc1cc(Br)cc(C(O)c2cc(Br)cc3c2OCC3)c1. The summed E-state index contributed by atoms with van der Waals surface area (Å²) < 4.78 is 7.64. The number of halogens is 2. The van der Waals surface area contributed by atoms with E-state index in [0.717, 1.165) is 43.4 Å². The van der Waals surface area contributed by atoms with E-state index in [9.17, 15) is 5.11 Å². The highest BCUT2D eigenvalue weighted by molar-refractivity contribution is 9.10. The second-order valence-electron chi connectivity index (χ2n) is 5.05. The lowest BCUT2D eigenvalue weighted by Crippen LogP contribution is -2.03. The Kier molecular flexibility index (Phi) is 3.89. The predicted octanol–water partition coefficient (Wildman–Crippen LogP) is 4.54. The van der Waals surface area contributed by atoms with Crippen LogP contribution in [0, 0.1) is 6.92 Å². The fraction of sp³-hybridized carbons (Fsp3) is 0.250. The molecule has 0 amide bonds. The lowest BCUT2D eigenvalue weighted by molar-refractivity contribution is 0.213. The lowest BCUT2D eigenvalue weighted by atomic mass is 9.97. The summed E-state index contributed by atoms with van der Waals surface area (Å²) >= 11 is 6.99. The van der Waals surface area contributed by atoms with Gasteiger partial charge in [-0.1, -0.05) is 37.9 Å². The highest BCUT2D eigenvalue weighted by atomic mass is 79.9. The lowest BCUT2D eigenvalue weighted by Gasteiger charge is -2.16. The van der Waals surface area contributed by atoms with Gasteiger partial charge in [-0.2, -0.15) is 0 Å². The van der Waals surface area contributed by atoms with Crippen LogP contribution < -0.4 is 4.74 Å². The molecule has 20 heavy (non-hydrogen) atoms. The van der Waals surface area contributed by atoms with Crippen molar-refractivity contribution in [1.82, 2.24) is 0 Å². The van der Waals surface area contributed by atoms with E-state index in [4.69, 9.17) is 4.74 Å². The molecule has 0 radical (unpaired) electrons. The Labute approximate surface area is 135 Å². The highest BCUT2D eigenvalue weighted by Crippen LogP contribution is 2.39. The average Bonchev–Trinajstić information content (AvgIpc) is 2.83. The third-order valence-electron chi connectivity index (χ3n) is 3.45. The van der Waals surface area contributed by atoms with Crippen LogP contribution in [0.2, 0.25) is 0 Å². The maximum atomic E-state index is 10.7. The molecule has 0 aliphatic carbocycles. The Morgan fingerprint density at radius 2 is 1.85 bits per heavy atom. The van der Waals surface area contributed by atoms with Crippen molar-refractivity contribution in [2.75, 3.05) is 6.61 Å². The minimum atomic E-state index is -0.685. The summed E-state index contributed by atoms with van der Waals surface area (Å²) in [5, 5.41) is 10.7. The molecule has 2 nitrogen and oxygen atoms in total. The molecule has 1 aliphatic heterocycles. The molecule has 0 saturated heterocycles. The topological polar surface area (TPSA) is 29.5 Å². The van der Waals surface area contributed by atoms with Crippen molar-refractivity contribution in [3.63, 3.8) is 0 Å². The number of aryl methyl sites for hydroxylation is 1. The second-order valence-corrected chi connectivity index (χ2v) is 6.88. The van der Waals surface area contributed by atoms with Gasteiger partial charge in [-0.25, -0.2) is 0 Å². The van der Waals surface area contributed by atoms with E-state index in [1.807, 2.05) is 31.2 Å². The summed E-state index contributed by atoms with van der Waals surface area (Å²) in [5.41, 5.74) is 3.96. The summed E-state index contributed by atoms with van der Waals surface area (Å²) in [4.78, 5) is 0. The normalized spacial score (nSPS) is 14.8. The van der Waals surface area contributed by atoms with Gasteiger partial charge in [0.2, 0.25) is 0 Å². The largest absolute Gasteiger partial charge is 0.493 e. The van der Waals surface area contributed by atoms with E-state index in [1.54, 1.807) is 0 Å². The first-order valence-corrected chi connectivity index (χ1v) is 8.03. The van der Waals surface area contributed by atoms with Gasteiger partial charge in [0.15, 0.2) is 0 Å². The molecule has 2 aromatic rings. The molecule has 1 atom stereocenters. The summed E-state index contributed by atoms with van der Waals surface area (Å²) in [6, 6.07) is 9.96. The molecule has 0 bridgehead atoms. The van der Waals surface area contributed by atoms with Gasteiger partial charge in [-0.3, -0.25) is 0 Å².